The maximum absolute atomic E-state index is 11.7. The standard InChI is InChI=1S/C16H23NO2/c18-15-9-3-7-14(11-15)12-16(19)17-10-4-8-13-5-1-2-6-13/h3,7,9,11,13,18H,1-2,4-6,8,10,12H2,(H,17,19). The van der Waals surface area contributed by atoms with Crippen LogP contribution in [-0.4, -0.2) is 17.6 Å². The molecule has 0 heterocycles. The van der Waals surface area contributed by atoms with Gasteiger partial charge in [0, 0.05) is 6.54 Å². The lowest BCUT2D eigenvalue weighted by molar-refractivity contribution is -0.120. The molecule has 2 rings (SSSR count). The highest BCUT2D eigenvalue weighted by Crippen LogP contribution is 2.28. The minimum Gasteiger partial charge on any atom is -0.508 e. The SMILES string of the molecule is O=C(Cc1cccc(O)c1)NCCCC1CCCC1. The second kappa shape index (κ2) is 7.17. The molecule has 0 spiro atoms. The van der Waals surface area contributed by atoms with Gasteiger partial charge in [-0.05, 0) is 36.5 Å². The van der Waals surface area contributed by atoms with Gasteiger partial charge >= 0.3 is 0 Å². The summed E-state index contributed by atoms with van der Waals surface area (Å²) in [6, 6.07) is 6.87. The predicted molar refractivity (Wildman–Crippen MR) is 76.0 cm³/mol. The number of carbonyl (C=O) groups excluding carboxylic acids is 1. The van der Waals surface area contributed by atoms with Gasteiger partial charge in [0.25, 0.3) is 0 Å². The highest BCUT2D eigenvalue weighted by atomic mass is 16.3. The first kappa shape index (κ1) is 13.9. The number of hydrogen-bond donors (Lipinski definition) is 2. The minimum atomic E-state index is 0.0389. The molecule has 1 aromatic rings. The third-order valence-electron chi connectivity index (χ3n) is 3.86. The molecule has 0 unspecified atom stereocenters. The summed E-state index contributed by atoms with van der Waals surface area (Å²) >= 11 is 0. The van der Waals surface area contributed by atoms with Crippen molar-refractivity contribution in [2.24, 2.45) is 5.92 Å². The maximum atomic E-state index is 11.7. The van der Waals surface area contributed by atoms with Crippen LogP contribution in [0.15, 0.2) is 24.3 Å². The van der Waals surface area contributed by atoms with E-state index in [1.54, 1.807) is 18.2 Å². The van der Waals surface area contributed by atoms with Crippen molar-refractivity contribution < 1.29 is 9.90 Å². The molecular weight excluding hydrogens is 238 g/mol. The molecule has 2 N–H and O–H groups in total. The summed E-state index contributed by atoms with van der Waals surface area (Å²) in [5, 5.41) is 12.3. The first-order valence-electron chi connectivity index (χ1n) is 7.28. The molecule has 0 saturated heterocycles. The van der Waals surface area contributed by atoms with E-state index in [0.717, 1.165) is 24.4 Å². The van der Waals surface area contributed by atoms with Gasteiger partial charge in [-0.1, -0.05) is 37.8 Å². The Bertz CT molecular complexity index is 411. The van der Waals surface area contributed by atoms with Gasteiger partial charge in [0.1, 0.15) is 5.75 Å². The van der Waals surface area contributed by atoms with Crippen LogP contribution in [0, 0.1) is 5.92 Å². The summed E-state index contributed by atoms with van der Waals surface area (Å²) in [6.07, 6.45) is 8.18. The van der Waals surface area contributed by atoms with Crippen molar-refractivity contribution in [3.05, 3.63) is 29.8 Å². The maximum Gasteiger partial charge on any atom is 0.224 e. The molecule has 1 saturated carbocycles. The summed E-state index contributed by atoms with van der Waals surface area (Å²) in [7, 11) is 0. The molecule has 0 radical (unpaired) electrons. The molecule has 0 aromatic heterocycles. The van der Waals surface area contributed by atoms with Crippen LogP contribution in [0.3, 0.4) is 0 Å². The van der Waals surface area contributed by atoms with E-state index in [2.05, 4.69) is 5.32 Å². The molecule has 1 fully saturated rings. The largest absolute Gasteiger partial charge is 0.508 e. The third kappa shape index (κ3) is 4.93. The smallest absolute Gasteiger partial charge is 0.224 e. The van der Waals surface area contributed by atoms with Crippen molar-refractivity contribution in [3.8, 4) is 5.75 Å². The van der Waals surface area contributed by atoms with E-state index in [1.165, 1.54) is 32.1 Å². The lowest BCUT2D eigenvalue weighted by Crippen LogP contribution is -2.26. The highest BCUT2D eigenvalue weighted by Gasteiger charge is 2.14. The van der Waals surface area contributed by atoms with E-state index in [9.17, 15) is 9.90 Å². The summed E-state index contributed by atoms with van der Waals surface area (Å²) in [5.41, 5.74) is 0.855. The van der Waals surface area contributed by atoms with Gasteiger partial charge in [0.05, 0.1) is 6.42 Å². The number of phenolic OH excluding ortho intramolecular Hbond substituents is 1. The quantitative estimate of drug-likeness (QED) is 0.773. The average Bonchev–Trinajstić information content (AvgIpc) is 2.88. The van der Waals surface area contributed by atoms with E-state index in [0.29, 0.717) is 6.42 Å². The Balaban J connectivity index is 1.61. The van der Waals surface area contributed by atoms with Crippen molar-refractivity contribution in [2.45, 2.75) is 44.9 Å². The van der Waals surface area contributed by atoms with Crippen molar-refractivity contribution in [3.63, 3.8) is 0 Å². The second-order valence-electron chi connectivity index (χ2n) is 5.49. The van der Waals surface area contributed by atoms with Crippen LogP contribution in [0.4, 0.5) is 0 Å². The van der Waals surface area contributed by atoms with E-state index in [4.69, 9.17) is 0 Å². The highest BCUT2D eigenvalue weighted by molar-refractivity contribution is 5.78. The van der Waals surface area contributed by atoms with Gasteiger partial charge in [-0.25, -0.2) is 0 Å². The number of amides is 1. The Kier molecular flexibility index (Phi) is 5.25. The van der Waals surface area contributed by atoms with Crippen LogP contribution >= 0.6 is 0 Å². The molecule has 0 atom stereocenters. The van der Waals surface area contributed by atoms with E-state index in [1.807, 2.05) is 6.07 Å². The lowest BCUT2D eigenvalue weighted by Gasteiger charge is -2.09. The first-order chi connectivity index (χ1) is 9.24. The molecule has 1 aromatic carbocycles. The van der Waals surface area contributed by atoms with Crippen molar-refractivity contribution in [2.75, 3.05) is 6.54 Å². The van der Waals surface area contributed by atoms with Crippen LogP contribution in [0.5, 0.6) is 5.75 Å². The number of carbonyl (C=O) groups is 1. The Labute approximate surface area is 115 Å². The lowest BCUT2D eigenvalue weighted by atomic mass is 10.0. The fraction of sp³-hybridized carbons (Fsp3) is 0.562. The Hall–Kier alpha value is -1.51. The molecule has 19 heavy (non-hydrogen) atoms. The normalized spacial score (nSPS) is 15.6. The Morgan fingerprint density at radius 3 is 2.84 bits per heavy atom. The number of rotatable bonds is 6. The second-order valence-corrected chi connectivity index (χ2v) is 5.49. The molecule has 1 aliphatic carbocycles. The molecule has 3 nitrogen and oxygen atoms in total. The molecule has 1 aliphatic rings. The fourth-order valence-electron chi connectivity index (χ4n) is 2.83. The van der Waals surface area contributed by atoms with Crippen molar-refractivity contribution >= 4 is 5.91 Å². The zero-order chi connectivity index (χ0) is 13.5. The van der Waals surface area contributed by atoms with Gasteiger partial charge < -0.3 is 10.4 Å². The number of hydrogen-bond acceptors (Lipinski definition) is 2. The summed E-state index contributed by atoms with van der Waals surface area (Å²) in [5.74, 6) is 1.14. The summed E-state index contributed by atoms with van der Waals surface area (Å²) in [6.45, 7) is 0.772. The van der Waals surface area contributed by atoms with Crippen LogP contribution in [0.25, 0.3) is 0 Å². The molecule has 0 aliphatic heterocycles. The zero-order valence-electron chi connectivity index (χ0n) is 11.4. The topological polar surface area (TPSA) is 49.3 Å². The van der Waals surface area contributed by atoms with Crippen LogP contribution in [-0.2, 0) is 11.2 Å². The third-order valence-corrected chi connectivity index (χ3v) is 3.86. The number of phenols is 1. The predicted octanol–water partition coefficient (Wildman–Crippen LogP) is 3.02. The molecule has 3 heteroatoms. The van der Waals surface area contributed by atoms with E-state index >= 15 is 0 Å². The van der Waals surface area contributed by atoms with Gasteiger partial charge in [0.15, 0.2) is 0 Å². The Morgan fingerprint density at radius 1 is 1.32 bits per heavy atom. The number of aromatic hydroxyl groups is 1. The zero-order valence-corrected chi connectivity index (χ0v) is 11.4. The van der Waals surface area contributed by atoms with Crippen molar-refractivity contribution in [1.29, 1.82) is 0 Å². The average molecular weight is 261 g/mol. The van der Waals surface area contributed by atoms with E-state index in [-0.39, 0.29) is 11.7 Å². The Morgan fingerprint density at radius 2 is 2.11 bits per heavy atom. The monoisotopic (exact) mass is 261 g/mol. The molecule has 0 bridgehead atoms. The van der Waals surface area contributed by atoms with Crippen LogP contribution in [0.1, 0.15) is 44.1 Å². The van der Waals surface area contributed by atoms with Gasteiger partial charge in [0.2, 0.25) is 5.91 Å². The number of nitrogens with one attached hydrogen (secondary N) is 1. The molecule has 104 valence electrons. The van der Waals surface area contributed by atoms with E-state index < -0.39 is 0 Å². The van der Waals surface area contributed by atoms with Gasteiger partial charge in [-0.15, -0.1) is 0 Å². The summed E-state index contributed by atoms with van der Waals surface area (Å²) in [4.78, 5) is 11.7. The molecular formula is C16H23NO2. The van der Waals surface area contributed by atoms with Crippen LogP contribution < -0.4 is 5.32 Å². The molecule has 1 amide bonds. The minimum absolute atomic E-state index is 0.0389. The first-order valence-corrected chi connectivity index (χ1v) is 7.28. The van der Waals surface area contributed by atoms with Gasteiger partial charge in [-0.3, -0.25) is 4.79 Å². The van der Waals surface area contributed by atoms with Gasteiger partial charge in [-0.2, -0.15) is 0 Å². The fourth-order valence-corrected chi connectivity index (χ4v) is 2.83. The van der Waals surface area contributed by atoms with Crippen LogP contribution in [0.2, 0.25) is 0 Å². The number of benzene rings is 1. The van der Waals surface area contributed by atoms with Crippen molar-refractivity contribution in [1.82, 2.24) is 5.32 Å². The summed E-state index contributed by atoms with van der Waals surface area (Å²) < 4.78 is 0.